The minimum atomic E-state index is -3.86. The highest BCUT2D eigenvalue weighted by atomic mass is 31.2. The molecule has 0 radical (unpaired) electrons. The molecule has 0 aromatic heterocycles. The molecule has 14 heavy (non-hydrogen) atoms. The van der Waals surface area contributed by atoms with Gasteiger partial charge in [0.25, 0.3) is 0 Å². The van der Waals surface area contributed by atoms with Crippen molar-refractivity contribution in [2.75, 3.05) is 12.7 Å². The number of nitrogens with one attached hydrogen (secondary N) is 1. The molecule has 0 bridgehead atoms. The smallest absolute Gasteiger partial charge is 0.325 e. The first-order valence-corrected chi connectivity index (χ1v) is 6.56. The summed E-state index contributed by atoms with van der Waals surface area (Å²) in [4.78, 5) is 28.0. The van der Waals surface area contributed by atoms with Gasteiger partial charge in [0.05, 0.1) is 0 Å². The summed E-state index contributed by atoms with van der Waals surface area (Å²) in [5.41, 5.74) is 0. The Bertz CT molecular complexity index is 213. The summed E-state index contributed by atoms with van der Waals surface area (Å²) >= 11 is 0. The van der Waals surface area contributed by atoms with Crippen molar-refractivity contribution in [2.45, 2.75) is 32.6 Å². The van der Waals surface area contributed by atoms with Crippen LogP contribution in [-0.4, -0.2) is 28.4 Å². The average Bonchev–Trinajstić information content (AvgIpc) is 2.02. The monoisotopic (exact) mass is 223 g/mol. The summed E-state index contributed by atoms with van der Waals surface area (Å²) in [6, 6.07) is 0. The number of rotatable bonds is 7. The predicted octanol–water partition coefficient (Wildman–Crippen LogP) is 0.861. The van der Waals surface area contributed by atoms with E-state index in [1.54, 1.807) is 0 Å². The molecule has 0 aliphatic carbocycles. The molecule has 0 aliphatic rings. The third-order valence-corrected chi connectivity index (χ3v) is 2.57. The maximum atomic E-state index is 10.9. The summed E-state index contributed by atoms with van der Waals surface area (Å²) in [6.45, 7) is 2.42. The number of hydrogen-bond donors (Lipinski definition) is 3. The standard InChI is InChI=1S/C8H18NO4P/c1-2-5-8(10)9-6-3-4-7-14(11,12)13/h2-7H2,1H3,(H,9,10)(H2,11,12,13). The molecular formula is C8H18NO4P. The second kappa shape index (κ2) is 6.98. The van der Waals surface area contributed by atoms with Crippen LogP contribution in [0.3, 0.4) is 0 Å². The van der Waals surface area contributed by atoms with E-state index in [9.17, 15) is 9.36 Å². The van der Waals surface area contributed by atoms with Gasteiger partial charge in [0.15, 0.2) is 0 Å². The normalized spacial score (nSPS) is 11.4. The van der Waals surface area contributed by atoms with Crippen molar-refractivity contribution in [3.63, 3.8) is 0 Å². The Morgan fingerprint density at radius 3 is 2.50 bits per heavy atom. The molecule has 5 nitrogen and oxygen atoms in total. The highest BCUT2D eigenvalue weighted by Gasteiger charge is 2.11. The maximum absolute atomic E-state index is 10.9. The van der Waals surface area contributed by atoms with Crippen LogP contribution < -0.4 is 5.32 Å². The number of amides is 1. The van der Waals surface area contributed by atoms with Gasteiger partial charge in [-0.05, 0) is 19.3 Å². The summed E-state index contributed by atoms with van der Waals surface area (Å²) in [5, 5.41) is 2.68. The van der Waals surface area contributed by atoms with Gasteiger partial charge in [-0.25, -0.2) is 0 Å². The summed E-state index contributed by atoms with van der Waals surface area (Å²) in [7, 11) is -3.86. The van der Waals surface area contributed by atoms with E-state index in [0.717, 1.165) is 6.42 Å². The van der Waals surface area contributed by atoms with Gasteiger partial charge in [-0.1, -0.05) is 6.92 Å². The molecule has 0 heterocycles. The minimum Gasteiger partial charge on any atom is -0.356 e. The van der Waals surface area contributed by atoms with Gasteiger partial charge in [-0.2, -0.15) is 0 Å². The fraction of sp³-hybridized carbons (Fsp3) is 0.875. The van der Waals surface area contributed by atoms with E-state index >= 15 is 0 Å². The van der Waals surface area contributed by atoms with Gasteiger partial charge < -0.3 is 15.1 Å². The number of hydrogen-bond acceptors (Lipinski definition) is 2. The molecule has 0 fully saturated rings. The Balaban J connectivity index is 3.30. The van der Waals surface area contributed by atoms with Gasteiger partial charge in [-0.15, -0.1) is 0 Å². The highest BCUT2D eigenvalue weighted by molar-refractivity contribution is 7.51. The fourth-order valence-electron chi connectivity index (χ4n) is 0.986. The Kier molecular flexibility index (Phi) is 6.79. The average molecular weight is 223 g/mol. The van der Waals surface area contributed by atoms with Crippen molar-refractivity contribution in [1.82, 2.24) is 5.32 Å². The van der Waals surface area contributed by atoms with E-state index in [2.05, 4.69) is 5.32 Å². The van der Waals surface area contributed by atoms with Crippen LogP contribution in [0, 0.1) is 0 Å². The zero-order valence-corrected chi connectivity index (χ0v) is 9.30. The Morgan fingerprint density at radius 1 is 1.36 bits per heavy atom. The minimum absolute atomic E-state index is 0.00341. The zero-order valence-electron chi connectivity index (χ0n) is 8.40. The number of carbonyl (C=O) groups excluding carboxylic acids is 1. The van der Waals surface area contributed by atoms with E-state index in [1.807, 2.05) is 6.92 Å². The molecule has 6 heteroatoms. The zero-order chi connectivity index (χ0) is 11.0. The molecule has 0 aliphatic heterocycles. The van der Waals surface area contributed by atoms with Gasteiger partial charge >= 0.3 is 7.60 Å². The highest BCUT2D eigenvalue weighted by Crippen LogP contribution is 2.35. The van der Waals surface area contributed by atoms with Crippen LogP contribution in [0.1, 0.15) is 32.6 Å². The first-order chi connectivity index (χ1) is 6.45. The van der Waals surface area contributed by atoms with Crippen molar-refractivity contribution in [3.05, 3.63) is 0 Å². The molecule has 0 spiro atoms. The molecule has 0 rings (SSSR count). The predicted molar refractivity (Wildman–Crippen MR) is 54.1 cm³/mol. The first kappa shape index (κ1) is 13.6. The van der Waals surface area contributed by atoms with Gasteiger partial charge in [0.2, 0.25) is 5.91 Å². The fourth-order valence-corrected chi connectivity index (χ4v) is 1.62. The first-order valence-electron chi connectivity index (χ1n) is 4.77. The maximum Gasteiger partial charge on any atom is 0.325 e. The lowest BCUT2D eigenvalue weighted by molar-refractivity contribution is -0.121. The molecule has 3 N–H and O–H groups in total. The Morgan fingerprint density at radius 2 is 2.00 bits per heavy atom. The van der Waals surface area contributed by atoms with Crippen LogP contribution in [0.15, 0.2) is 0 Å². The Labute approximate surface area is 84.1 Å². The lowest BCUT2D eigenvalue weighted by atomic mass is 10.3. The van der Waals surface area contributed by atoms with Crippen molar-refractivity contribution < 1.29 is 19.1 Å². The second-order valence-corrected chi connectivity index (χ2v) is 4.97. The SMILES string of the molecule is CCCC(=O)NCCCCP(=O)(O)O. The molecule has 0 unspecified atom stereocenters. The molecule has 1 amide bonds. The van der Waals surface area contributed by atoms with Crippen molar-refractivity contribution in [3.8, 4) is 0 Å². The van der Waals surface area contributed by atoms with Crippen molar-refractivity contribution in [2.24, 2.45) is 0 Å². The van der Waals surface area contributed by atoms with Crippen LogP contribution in [0.5, 0.6) is 0 Å². The largest absolute Gasteiger partial charge is 0.356 e. The molecule has 0 saturated carbocycles. The lowest BCUT2D eigenvalue weighted by Crippen LogP contribution is -2.23. The topological polar surface area (TPSA) is 86.6 Å². The molecule has 0 aromatic rings. The third-order valence-electron chi connectivity index (χ3n) is 1.68. The van der Waals surface area contributed by atoms with Gasteiger partial charge in [-0.3, -0.25) is 9.36 Å². The van der Waals surface area contributed by atoms with Crippen LogP contribution in [0.2, 0.25) is 0 Å². The number of carbonyl (C=O) groups is 1. The second-order valence-electron chi connectivity index (χ2n) is 3.20. The molecule has 0 aromatic carbocycles. The van der Waals surface area contributed by atoms with Crippen LogP contribution in [0.25, 0.3) is 0 Å². The van der Waals surface area contributed by atoms with Crippen LogP contribution >= 0.6 is 7.60 Å². The van der Waals surface area contributed by atoms with Crippen LogP contribution in [-0.2, 0) is 9.36 Å². The summed E-state index contributed by atoms with van der Waals surface area (Å²) in [5.74, 6) is 0.00341. The number of unbranched alkanes of at least 4 members (excludes halogenated alkanes) is 1. The Hall–Kier alpha value is -0.380. The van der Waals surface area contributed by atoms with E-state index < -0.39 is 7.60 Å². The summed E-state index contributed by atoms with van der Waals surface area (Å²) in [6.07, 6.45) is 2.28. The molecule has 0 atom stereocenters. The van der Waals surface area contributed by atoms with E-state index in [0.29, 0.717) is 25.8 Å². The quantitative estimate of drug-likeness (QED) is 0.441. The van der Waals surface area contributed by atoms with E-state index in [1.165, 1.54) is 0 Å². The third kappa shape index (κ3) is 9.71. The molecular weight excluding hydrogens is 205 g/mol. The van der Waals surface area contributed by atoms with Crippen molar-refractivity contribution >= 4 is 13.5 Å². The molecule has 0 saturated heterocycles. The van der Waals surface area contributed by atoms with Crippen LogP contribution in [0.4, 0.5) is 0 Å². The summed E-state index contributed by atoms with van der Waals surface area (Å²) < 4.78 is 10.4. The van der Waals surface area contributed by atoms with Gasteiger partial charge in [0.1, 0.15) is 0 Å². The van der Waals surface area contributed by atoms with Crippen molar-refractivity contribution in [1.29, 1.82) is 0 Å². The molecule has 84 valence electrons. The lowest BCUT2D eigenvalue weighted by Gasteiger charge is -2.05. The van der Waals surface area contributed by atoms with E-state index in [-0.39, 0.29) is 12.1 Å². The van der Waals surface area contributed by atoms with E-state index in [4.69, 9.17) is 9.79 Å². The van der Waals surface area contributed by atoms with Gasteiger partial charge in [0, 0.05) is 19.1 Å².